The number of imide groups is 1. The second-order valence-electron chi connectivity index (χ2n) is 11.7. The first-order valence-electron chi connectivity index (χ1n) is 14.4. The molecule has 1 fully saturated rings. The molecule has 1 aliphatic heterocycles. The van der Waals surface area contributed by atoms with Crippen molar-refractivity contribution in [1.29, 1.82) is 0 Å². The number of benzene rings is 4. The van der Waals surface area contributed by atoms with E-state index in [9.17, 15) is 19.2 Å². The molecule has 210 valence electrons. The van der Waals surface area contributed by atoms with Gasteiger partial charge >= 0.3 is 5.97 Å². The lowest BCUT2D eigenvalue weighted by atomic mass is 9.55. The van der Waals surface area contributed by atoms with Crippen LogP contribution in [-0.4, -0.2) is 41.2 Å². The molecule has 4 aromatic carbocycles. The number of anilines is 1. The molecule has 8 rings (SSSR count). The van der Waals surface area contributed by atoms with E-state index in [-0.39, 0.29) is 23.7 Å². The third kappa shape index (κ3) is 3.87. The minimum Gasteiger partial charge on any atom is -0.454 e. The second-order valence-corrected chi connectivity index (χ2v) is 11.7. The maximum atomic E-state index is 14.1. The summed E-state index contributed by atoms with van der Waals surface area (Å²) in [7, 11) is 0. The van der Waals surface area contributed by atoms with E-state index >= 15 is 0 Å². The number of amides is 3. The van der Waals surface area contributed by atoms with E-state index in [1.54, 1.807) is 19.9 Å². The van der Waals surface area contributed by atoms with Crippen LogP contribution in [0.2, 0.25) is 0 Å². The number of esters is 1. The summed E-state index contributed by atoms with van der Waals surface area (Å²) in [4.78, 5) is 55.7. The SMILES string of the molecule is CC(C)[C@H](C(=O)OCC(=O)Nc1cccc2ccccc12)N1C(=O)[C@H]2C3c4ccccc4C(c4ccccc43)[C@@H]2C1=O. The molecule has 0 aromatic heterocycles. The third-order valence-electron chi connectivity index (χ3n) is 9.04. The Morgan fingerprint density at radius 1 is 0.738 bits per heavy atom. The lowest BCUT2D eigenvalue weighted by Crippen LogP contribution is -2.49. The molecule has 4 aromatic rings. The van der Waals surface area contributed by atoms with Gasteiger partial charge in [0.05, 0.1) is 11.8 Å². The number of nitrogens with one attached hydrogen (secondary N) is 1. The molecule has 0 saturated carbocycles. The van der Waals surface area contributed by atoms with Gasteiger partial charge in [-0.25, -0.2) is 4.79 Å². The molecule has 3 aliphatic carbocycles. The summed E-state index contributed by atoms with van der Waals surface area (Å²) < 4.78 is 5.47. The molecule has 1 N–H and O–H groups in total. The maximum absolute atomic E-state index is 14.1. The van der Waals surface area contributed by atoms with Crippen LogP contribution in [0.5, 0.6) is 0 Å². The largest absolute Gasteiger partial charge is 0.454 e. The normalized spacial score (nSPS) is 22.5. The number of rotatable bonds is 6. The van der Waals surface area contributed by atoms with Crippen LogP contribution in [0.4, 0.5) is 5.69 Å². The van der Waals surface area contributed by atoms with E-state index in [0.717, 1.165) is 37.9 Å². The zero-order valence-electron chi connectivity index (χ0n) is 23.3. The number of likely N-dealkylation sites (tertiary alicyclic amines) is 1. The molecular weight excluding hydrogens is 528 g/mol. The molecule has 3 atom stereocenters. The van der Waals surface area contributed by atoms with Gasteiger partial charge in [0.25, 0.3) is 5.91 Å². The molecule has 4 aliphatic rings. The summed E-state index contributed by atoms with van der Waals surface area (Å²) in [6, 6.07) is 28.1. The number of hydrogen-bond acceptors (Lipinski definition) is 5. The van der Waals surface area contributed by atoms with Gasteiger partial charge in [0.15, 0.2) is 6.61 Å². The average molecular weight is 559 g/mol. The number of carbonyl (C=O) groups excluding carboxylic acids is 4. The summed E-state index contributed by atoms with van der Waals surface area (Å²) in [5.41, 5.74) is 4.88. The van der Waals surface area contributed by atoms with Gasteiger partial charge in [-0.1, -0.05) is 98.8 Å². The van der Waals surface area contributed by atoms with Crippen LogP contribution in [0, 0.1) is 17.8 Å². The molecule has 1 heterocycles. The minimum atomic E-state index is -1.13. The highest BCUT2D eigenvalue weighted by Gasteiger charge is 2.63. The Bertz CT molecular complexity index is 1660. The van der Waals surface area contributed by atoms with Crippen molar-refractivity contribution in [3.63, 3.8) is 0 Å². The predicted molar refractivity (Wildman–Crippen MR) is 158 cm³/mol. The van der Waals surface area contributed by atoms with E-state index in [4.69, 9.17) is 4.74 Å². The maximum Gasteiger partial charge on any atom is 0.330 e. The van der Waals surface area contributed by atoms with Crippen LogP contribution >= 0.6 is 0 Å². The molecule has 7 nitrogen and oxygen atoms in total. The summed E-state index contributed by atoms with van der Waals surface area (Å²) in [6.07, 6.45) is 0. The van der Waals surface area contributed by atoms with Crippen molar-refractivity contribution in [3.05, 3.63) is 113 Å². The quantitative estimate of drug-likeness (QED) is 0.258. The molecule has 0 radical (unpaired) electrons. The first-order valence-corrected chi connectivity index (χ1v) is 14.4. The Labute approximate surface area is 243 Å². The highest BCUT2D eigenvalue weighted by atomic mass is 16.5. The number of hydrogen-bond donors (Lipinski definition) is 1. The molecule has 7 heteroatoms. The van der Waals surface area contributed by atoms with Crippen molar-refractivity contribution in [3.8, 4) is 0 Å². The lowest BCUT2D eigenvalue weighted by molar-refractivity contribution is -0.162. The molecule has 0 spiro atoms. The van der Waals surface area contributed by atoms with E-state index in [1.807, 2.05) is 84.9 Å². The standard InChI is InChI=1S/C35H30N2O5/c1-19(2)32(35(41)42-18-27(38)36-26-17-9-11-20-10-3-4-12-21(20)26)37-33(39)30-28-22-13-5-6-14-23(22)29(31(30)34(37)40)25-16-8-7-15-24(25)28/h3-17,19,28-32H,18H2,1-2H3,(H,36,38)/t28?,29?,30-,31-,32+/m0/s1. The Hall–Kier alpha value is -4.78. The van der Waals surface area contributed by atoms with Crippen molar-refractivity contribution >= 4 is 40.2 Å². The Balaban J connectivity index is 1.14. The van der Waals surface area contributed by atoms with Crippen molar-refractivity contribution in [2.75, 3.05) is 11.9 Å². The monoisotopic (exact) mass is 558 g/mol. The van der Waals surface area contributed by atoms with E-state index in [0.29, 0.717) is 5.69 Å². The fraction of sp³-hybridized carbons (Fsp3) is 0.257. The second kappa shape index (κ2) is 9.94. The number of carbonyl (C=O) groups is 4. The van der Waals surface area contributed by atoms with Gasteiger partial charge in [-0.05, 0) is 39.6 Å². The summed E-state index contributed by atoms with van der Waals surface area (Å²) in [5, 5.41) is 4.65. The predicted octanol–water partition coefficient (Wildman–Crippen LogP) is 5.24. The van der Waals surface area contributed by atoms with Gasteiger partial charge in [0.2, 0.25) is 11.8 Å². The molecular formula is C35H30N2O5. The Morgan fingerprint density at radius 2 is 1.24 bits per heavy atom. The zero-order chi connectivity index (χ0) is 29.1. The molecule has 0 unspecified atom stereocenters. The summed E-state index contributed by atoms with van der Waals surface area (Å²) in [5.74, 6) is -4.06. The van der Waals surface area contributed by atoms with E-state index < -0.39 is 42.3 Å². The van der Waals surface area contributed by atoms with Gasteiger partial charge in [0.1, 0.15) is 6.04 Å². The smallest absolute Gasteiger partial charge is 0.330 e. The van der Waals surface area contributed by atoms with Gasteiger partial charge in [0, 0.05) is 22.9 Å². The Kier molecular flexibility index (Phi) is 6.19. The minimum absolute atomic E-state index is 0.260. The van der Waals surface area contributed by atoms with Crippen molar-refractivity contribution < 1.29 is 23.9 Å². The van der Waals surface area contributed by atoms with Crippen LogP contribution in [0.15, 0.2) is 91.0 Å². The van der Waals surface area contributed by atoms with Gasteiger partial charge < -0.3 is 10.1 Å². The first kappa shape index (κ1) is 26.1. The number of fused-ring (bicyclic) bond motifs is 1. The van der Waals surface area contributed by atoms with Crippen molar-refractivity contribution in [2.24, 2.45) is 17.8 Å². The van der Waals surface area contributed by atoms with Gasteiger partial charge in [-0.15, -0.1) is 0 Å². The molecule has 3 amide bonds. The van der Waals surface area contributed by atoms with Crippen LogP contribution < -0.4 is 5.32 Å². The van der Waals surface area contributed by atoms with Crippen LogP contribution in [0.3, 0.4) is 0 Å². The molecule has 1 saturated heterocycles. The van der Waals surface area contributed by atoms with E-state index in [2.05, 4.69) is 5.32 Å². The third-order valence-corrected chi connectivity index (χ3v) is 9.04. The van der Waals surface area contributed by atoms with Crippen LogP contribution in [-0.2, 0) is 23.9 Å². The van der Waals surface area contributed by atoms with E-state index in [1.165, 1.54) is 0 Å². The topological polar surface area (TPSA) is 92.8 Å². The lowest BCUT2D eigenvalue weighted by Gasteiger charge is -2.45. The van der Waals surface area contributed by atoms with Crippen molar-refractivity contribution in [1.82, 2.24) is 4.90 Å². The van der Waals surface area contributed by atoms with Crippen LogP contribution in [0.1, 0.15) is 47.9 Å². The van der Waals surface area contributed by atoms with Gasteiger partial charge in [-0.2, -0.15) is 0 Å². The zero-order valence-corrected chi connectivity index (χ0v) is 23.3. The Morgan fingerprint density at radius 3 is 1.79 bits per heavy atom. The number of ether oxygens (including phenoxy) is 1. The fourth-order valence-electron chi connectivity index (χ4n) is 7.39. The highest BCUT2D eigenvalue weighted by Crippen LogP contribution is 2.61. The summed E-state index contributed by atoms with van der Waals surface area (Å²) in [6.45, 7) is 3.03. The van der Waals surface area contributed by atoms with Crippen LogP contribution in [0.25, 0.3) is 10.8 Å². The first-order chi connectivity index (χ1) is 20.4. The summed E-state index contributed by atoms with van der Waals surface area (Å²) >= 11 is 0. The number of nitrogens with zero attached hydrogens (tertiary/aromatic N) is 1. The molecule has 2 bridgehead atoms. The average Bonchev–Trinajstić information content (AvgIpc) is 3.26. The highest BCUT2D eigenvalue weighted by molar-refractivity contribution is 6.10. The van der Waals surface area contributed by atoms with Crippen molar-refractivity contribution in [2.45, 2.75) is 31.7 Å². The van der Waals surface area contributed by atoms with Gasteiger partial charge in [-0.3, -0.25) is 19.3 Å². The molecule has 42 heavy (non-hydrogen) atoms. The fourth-order valence-corrected chi connectivity index (χ4v) is 7.39.